The van der Waals surface area contributed by atoms with E-state index in [2.05, 4.69) is 42.2 Å². The molecule has 1 aliphatic rings. The van der Waals surface area contributed by atoms with Crippen LogP contribution in [0.15, 0.2) is 41.0 Å². The lowest BCUT2D eigenvalue weighted by Crippen LogP contribution is -2.60. The normalized spacial score (nSPS) is 16.2. The summed E-state index contributed by atoms with van der Waals surface area (Å²) in [6, 6.07) is -2.37. The number of amides is 8. The minimum absolute atomic E-state index is 0.0396. The fourth-order valence-corrected chi connectivity index (χ4v) is 7.70. The Bertz CT molecular complexity index is 2100. The van der Waals surface area contributed by atoms with Crippen molar-refractivity contribution in [3.8, 4) is 0 Å². The van der Waals surface area contributed by atoms with E-state index in [4.69, 9.17) is 51.7 Å². The van der Waals surface area contributed by atoms with Gasteiger partial charge >= 0.3 is 5.97 Å². The van der Waals surface area contributed by atoms with Crippen LogP contribution >= 0.6 is 11.6 Å². The molecule has 74 heavy (non-hydrogen) atoms. The van der Waals surface area contributed by atoms with E-state index in [-0.39, 0.29) is 77.1 Å². The number of carboxylic acid groups (broad SMARTS) is 1. The molecule has 23 N–H and O–H groups in total. The molecule has 1 fully saturated rings. The van der Waals surface area contributed by atoms with Gasteiger partial charge < -0.3 is 92.5 Å². The number of nitrogens with zero attached hydrogens (tertiary/aromatic N) is 2. The lowest BCUT2D eigenvalue weighted by atomic mass is 10.0. The van der Waals surface area contributed by atoms with Crippen molar-refractivity contribution in [1.29, 1.82) is 0 Å². The summed E-state index contributed by atoms with van der Waals surface area (Å²) in [5, 5.41) is 38.0. The second kappa shape index (κ2) is 34.1. The molecule has 1 aromatic carbocycles. The molecule has 2 rings (SSSR count). The van der Waals surface area contributed by atoms with Crippen molar-refractivity contribution in [2.75, 3.05) is 45.8 Å². The van der Waals surface area contributed by atoms with Crippen molar-refractivity contribution in [2.24, 2.45) is 45.1 Å². The van der Waals surface area contributed by atoms with E-state index in [0.717, 1.165) is 0 Å². The van der Waals surface area contributed by atoms with Gasteiger partial charge in [0.1, 0.15) is 41.9 Å². The van der Waals surface area contributed by atoms with Crippen LogP contribution in [0.4, 0.5) is 0 Å². The predicted octanol–water partition coefficient (Wildman–Crippen LogP) is -5.17. The number of aliphatic hydroxyl groups excluding tert-OH is 1. The monoisotopic (exact) mass is 1060 g/mol. The molecular weight excluding hydrogens is 988 g/mol. The van der Waals surface area contributed by atoms with Crippen molar-refractivity contribution in [1.82, 2.24) is 42.1 Å². The fraction of sp³-hybridized carbons (Fsp3) is 0.609. The summed E-state index contributed by atoms with van der Waals surface area (Å²) < 4.78 is 0. The van der Waals surface area contributed by atoms with Crippen LogP contribution in [0.3, 0.4) is 0 Å². The second-order valence-corrected chi connectivity index (χ2v) is 18.1. The molecule has 28 heteroatoms. The molecule has 0 radical (unpaired) electrons. The van der Waals surface area contributed by atoms with Crippen molar-refractivity contribution in [2.45, 2.75) is 132 Å². The van der Waals surface area contributed by atoms with Gasteiger partial charge in [-0.2, -0.15) is 0 Å². The molecule has 0 bridgehead atoms. The van der Waals surface area contributed by atoms with Gasteiger partial charge in [0.05, 0.1) is 18.7 Å². The summed E-state index contributed by atoms with van der Waals surface area (Å²) in [6.45, 7) is 1.17. The Morgan fingerprint density at radius 2 is 1.41 bits per heavy atom. The Kier molecular flexibility index (Phi) is 29.3. The third-order valence-corrected chi connectivity index (χ3v) is 11.9. The summed E-state index contributed by atoms with van der Waals surface area (Å²) in [5.74, 6) is -8.00. The molecule has 1 unspecified atom stereocenters. The van der Waals surface area contributed by atoms with Gasteiger partial charge in [-0.25, -0.2) is 4.79 Å². The van der Waals surface area contributed by atoms with E-state index in [1.807, 2.05) is 0 Å². The van der Waals surface area contributed by atoms with Crippen molar-refractivity contribution in [3.63, 3.8) is 0 Å². The van der Waals surface area contributed by atoms with Crippen LogP contribution in [-0.4, -0.2) is 169 Å². The van der Waals surface area contributed by atoms with Gasteiger partial charge in [-0.15, -0.1) is 0 Å². The van der Waals surface area contributed by atoms with E-state index in [1.165, 1.54) is 17.9 Å². The number of hydrogen-bond donors (Lipinski definition) is 16. The summed E-state index contributed by atoms with van der Waals surface area (Å²) in [5.41, 5.74) is 39.2. The number of likely N-dealkylation sites (tertiary alicyclic amines) is 1. The Labute approximate surface area is 435 Å². The number of nitrogens with one attached hydrogen (secondary N) is 7. The van der Waals surface area contributed by atoms with E-state index < -0.39 is 120 Å². The Hall–Kier alpha value is -6.49. The smallest absolute Gasteiger partial charge is 0.352 e. The number of unbranched alkanes of at least 4 members (excludes halogenated alkanes) is 2. The van der Waals surface area contributed by atoms with Crippen molar-refractivity contribution < 1.29 is 53.4 Å². The lowest BCUT2D eigenvalue weighted by Gasteiger charge is -2.30. The third kappa shape index (κ3) is 22.7. The van der Waals surface area contributed by atoms with E-state index >= 15 is 0 Å². The number of nitrogens with two attached hydrogens (primary N) is 7. The van der Waals surface area contributed by atoms with Gasteiger partial charge in [0.2, 0.25) is 47.3 Å². The van der Waals surface area contributed by atoms with Crippen LogP contribution in [0.2, 0.25) is 5.02 Å². The standard InChI is InChI=1S/C46H77ClN16O11/c1-26(57-43(71)37(35(64)24-51)62-39(67)29(52)9-2-4-18-48)38(66)56-25-36(65)58-31(11-6-20-50)44(72)63-22-8-13-34(63)42(70)61-33(23-27-14-16-28(47)17-15-27)41(69)59-30(10-3-5-19-49)40(68)60-32(45(73)74)12-7-21-55-46(53)54/h12,14-17,26,29-31,33-35,37,64H,2-11,13,18-25,48-52H2,1H3,(H,56,66)(H,57,71)(H,58,65)(H,59,69)(H,60,68)(H,61,70)(H,62,67)(H,73,74)(H4,53,54,55)/b32-12-/t26-,29?,30-,31+,33-,34-,35-,37-/m0/s1. The highest BCUT2D eigenvalue weighted by atomic mass is 35.5. The molecule has 0 spiro atoms. The van der Waals surface area contributed by atoms with Crippen LogP contribution in [0.5, 0.6) is 0 Å². The fourth-order valence-electron chi connectivity index (χ4n) is 7.57. The highest BCUT2D eigenvalue weighted by molar-refractivity contribution is 6.30. The van der Waals surface area contributed by atoms with Crippen LogP contribution in [0.1, 0.15) is 83.1 Å². The molecule has 414 valence electrons. The molecule has 8 atom stereocenters. The molecule has 1 aromatic rings. The van der Waals surface area contributed by atoms with Gasteiger partial charge in [-0.05, 0) is 108 Å². The average Bonchev–Trinajstić information content (AvgIpc) is 3.87. The molecule has 27 nitrogen and oxygen atoms in total. The molecule has 8 amide bonds. The Morgan fingerprint density at radius 3 is 2.01 bits per heavy atom. The average molecular weight is 1070 g/mol. The first-order valence-electron chi connectivity index (χ1n) is 24.5. The molecule has 1 aliphatic heterocycles. The number of carbonyl (C=O) groups is 9. The topological polar surface area (TPSA) is 476 Å². The maximum Gasteiger partial charge on any atom is 0.352 e. The quantitative estimate of drug-likeness (QED) is 0.0133. The van der Waals surface area contributed by atoms with Crippen molar-refractivity contribution in [3.05, 3.63) is 46.6 Å². The number of aliphatic hydroxyl groups is 1. The van der Waals surface area contributed by atoms with E-state index in [9.17, 15) is 53.4 Å². The van der Waals surface area contributed by atoms with Gasteiger partial charge in [-0.1, -0.05) is 36.2 Å². The highest BCUT2D eigenvalue weighted by Crippen LogP contribution is 2.21. The predicted molar refractivity (Wildman–Crippen MR) is 275 cm³/mol. The first-order valence-corrected chi connectivity index (χ1v) is 24.9. The number of aliphatic carboxylic acids is 1. The first-order chi connectivity index (χ1) is 35.2. The summed E-state index contributed by atoms with van der Waals surface area (Å²) in [4.78, 5) is 125. The molecule has 0 saturated carbocycles. The second-order valence-electron chi connectivity index (χ2n) is 17.6. The highest BCUT2D eigenvalue weighted by Gasteiger charge is 2.39. The van der Waals surface area contributed by atoms with E-state index in [1.54, 1.807) is 24.3 Å². The molecule has 0 aliphatic carbocycles. The zero-order valence-corrected chi connectivity index (χ0v) is 42.6. The van der Waals surface area contributed by atoms with Gasteiger partial charge in [0, 0.05) is 31.1 Å². The first kappa shape index (κ1) is 63.6. The maximum atomic E-state index is 14.2. The van der Waals surface area contributed by atoms with Gasteiger partial charge in [0.25, 0.3) is 0 Å². The zero-order chi connectivity index (χ0) is 55.3. The number of hydrogen-bond acceptors (Lipinski definition) is 16. The Morgan fingerprint density at radius 1 is 0.770 bits per heavy atom. The number of carboxylic acids is 1. The molecule has 0 aromatic heterocycles. The number of aliphatic imine (C=N–C) groups is 1. The summed E-state index contributed by atoms with van der Waals surface area (Å²) in [7, 11) is 0. The largest absolute Gasteiger partial charge is 0.477 e. The van der Waals surface area contributed by atoms with Crippen LogP contribution in [0.25, 0.3) is 0 Å². The van der Waals surface area contributed by atoms with E-state index in [0.29, 0.717) is 49.2 Å². The van der Waals surface area contributed by atoms with Gasteiger partial charge in [-0.3, -0.25) is 43.3 Å². The SMILES string of the molecule is C[C@H](NC(=O)[C@@H](NC(=O)C(N)CCCCN)[C@@H](O)CN)C(=O)NCC(=O)N[C@H](CCCN)C(=O)N1CCC[C@H]1C(=O)N[C@@H](Cc1ccc(Cl)cc1)C(=O)N[C@@H](CCCCN)C(=O)N/C(=C\CCN=C(N)N)C(=O)O. The molecule has 1 heterocycles. The minimum atomic E-state index is -1.56. The number of halogens is 1. The molecule has 1 saturated heterocycles. The third-order valence-electron chi connectivity index (χ3n) is 11.7. The zero-order valence-electron chi connectivity index (χ0n) is 41.8. The number of rotatable bonds is 34. The van der Waals surface area contributed by atoms with Gasteiger partial charge in [0.15, 0.2) is 5.96 Å². The number of guanidine groups is 1. The summed E-state index contributed by atoms with van der Waals surface area (Å²) >= 11 is 6.12. The lowest BCUT2D eigenvalue weighted by molar-refractivity contribution is -0.142. The molecular formula is C46H77ClN16O11. The maximum absolute atomic E-state index is 14.2. The number of benzene rings is 1. The minimum Gasteiger partial charge on any atom is -0.477 e. The van der Waals surface area contributed by atoms with Crippen LogP contribution in [0, 0.1) is 0 Å². The van der Waals surface area contributed by atoms with Crippen LogP contribution in [-0.2, 0) is 49.6 Å². The Balaban J connectivity index is 2.25. The van der Waals surface area contributed by atoms with Crippen LogP contribution < -0.4 is 77.4 Å². The summed E-state index contributed by atoms with van der Waals surface area (Å²) in [6.07, 6.45) is 2.82. The van der Waals surface area contributed by atoms with Crippen molar-refractivity contribution >= 4 is 70.8 Å². The number of carbonyl (C=O) groups excluding carboxylic acids is 8.